The van der Waals surface area contributed by atoms with Gasteiger partial charge in [0.05, 0.1) is 5.56 Å². The van der Waals surface area contributed by atoms with Crippen molar-refractivity contribution in [2.45, 2.75) is 26.7 Å². The highest BCUT2D eigenvalue weighted by Gasteiger charge is 2.34. The highest BCUT2D eigenvalue weighted by molar-refractivity contribution is 6.01. The van der Waals surface area contributed by atoms with E-state index in [-0.39, 0.29) is 22.5 Å². The molecule has 1 heterocycles. The van der Waals surface area contributed by atoms with Gasteiger partial charge in [-0.3, -0.25) is 9.59 Å². The Labute approximate surface area is 93.5 Å². The molecule has 0 saturated heterocycles. The number of carbonyl (C=O) groups excluding carboxylic acids is 1. The highest BCUT2D eigenvalue weighted by Crippen LogP contribution is 2.36. The van der Waals surface area contributed by atoms with E-state index in [4.69, 9.17) is 0 Å². The van der Waals surface area contributed by atoms with Gasteiger partial charge in [0.1, 0.15) is 5.75 Å². The lowest BCUT2D eigenvalue weighted by atomic mass is 9.75. The minimum atomic E-state index is -0.276. The number of carbonyl (C=O) groups is 1. The van der Waals surface area contributed by atoms with E-state index in [1.54, 1.807) is 7.05 Å². The van der Waals surface area contributed by atoms with Crippen LogP contribution in [0, 0.1) is 5.41 Å². The van der Waals surface area contributed by atoms with Crippen LogP contribution in [0.25, 0.3) is 0 Å². The van der Waals surface area contributed by atoms with Crippen molar-refractivity contribution >= 4 is 5.78 Å². The Hall–Kier alpha value is -1.58. The summed E-state index contributed by atoms with van der Waals surface area (Å²) in [6, 6.07) is 1.11. The average Bonchev–Trinajstić information content (AvgIpc) is 2.11. The van der Waals surface area contributed by atoms with Crippen LogP contribution < -0.4 is 5.56 Å². The van der Waals surface area contributed by atoms with Gasteiger partial charge in [0.15, 0.2) is 5.78 Å². The fraction of sp³-hybridized carbons (Fsp3) is 0.500. The van der Waals surface area contributed by atoms with E-state index < -0.39 is 0 Å². The molecule has 16 heavy (non-hydrogen) atoms. The topological polar surface area (TPSA) is 59.3 Å². The maximum Gasteiger partial charge on any atom is 0.254 e. The van der Waals surface area contributed by atoms with Gasteiger partial charge < -0.3 is 9.67 Å². The highest BCUT2D eigenvalue weighted by atomic mass is 16.3. The number of hydrogen-bond donors (Lipinski definition) is 1. The number of ketones is 1. The first-order valence-corrected chi connectivity index (χ1v) is 5.27. The van der Waals surface area contributed by atoms with Gasteiger partial charge >= 0.3 is 0 Å². The van der Waals surface area contributed by atoms with Crippen LogP contribution in [0.15, 0.2) is 10.9 Å². The van der Waals surface area contributed by atoms with Gasteiger partial charge in [0.25, 0.3) is 5.56 Å². The van der Waals surface area contributed by atoms with Crippen LogP contribution in [0.5, 0.6) is 5.75 Å². The predicted octanol–water partition coefficient (Wildman–Crippen LogP) is 1.25. The van der Waals surface area contributed by atoms with Crippen molar-refractivity contribution in [1.29, 1.82) is 0 Å². The Bertz CT molecular complexity index is 526. The molecule has 4 nitrogen and oxygen atoms in total. The molecule has 0 saturated carbocycles. The van der Waals surface area contributed by atoms with Crippen LogP contribution in [-0.4, -0.2) is 15.5 Å². The number of aromatic nitrogens is 1. The molecule has 1 aromatic heterocycles. The van der Waals surface area contributed by atoms with Crippen LogP contribution in [0.2, 0.25) is 0 Å². The summed E-state index contributed by atoms with van der Waals surface area (Å²) in [6.07, 6.45) is 1.04. The number of pyridine rings is 1. The molecule has 0 bridgehead atoms. The van der Waals surface area contributed by atoms with Crippen molar-refractivity contribution < 1.29 is 9.90 Å². The number of Topliss-reactive ketones (excluding diaryl/α,β-unsaturated/α-hetero) is 1. The molecule has 1 aliphatic rings. The van der Waals surface area contributed by atoms with E-state index in [0.29, 0.717) is 24.1 Å². The van der Waals surface area contributed by atoms with E-state index in [2.05, 4.69) is 0 Å². The van der Waals surface area contributed by atoms with Crippen molar-refractivity contribution in [3.8, 4) is 5.75 Å². The SMILES string of the molecule is Cn1c2c(c(O)cc1=O)C(=O)CC(C)(C)C2. The third-order valence-corrected chi connectivity index (χ3v) is 3.10. The van der Waals surface area contributed by atoms with Crippen LogP contribution in [-0.2, 0) is 13.5 Å². The number of nitrogens with zero attached hydrogens (tertiary/aromatic N) is 1. The third kappa shape index (κ3) is 1.54. The molecule has 0 unspecified atom stereocenters. The number of fused-ring (bicyclic) bond motifs is 1. The van der Waals surface area contributed by atoms with Crippen LogP contribution in [0.4, 0.5) is 0 Å². The molecule has 0 fully saturated rings. The van der Waals surface area contributed by atoms with Gasteiger partial charge in [-0.1, -0.05) is 13.8 Å². The zero-order valence-electron chi connectivity index (χ0n) is 9.70. The third-order valence-electron chi connectivity index (χ3n) is 3.10. The normalized spacial score (nSPS) is 18.3. The second-order valence-corrected chi connectivity index (χ2v) is 5.19. The fourth-order valence-electron chi connectivity index (χ4n) is 2.28. The zero-order chi connectivity index (χ0) is 12.1. The van der Waals surface area contributed by atoms with Gasteiger partial charge in [-0.05, 0) is 11.8 Å². The summed E-state index contributed by atoms with van der Waals surface area (Å²) in [7, 11) is 1.63. The molecular formula is C12H15NO3. The summed E-state index contributed by atoms with van der Waals surface area (Å²) < 4.78 is 1.45. The molecule has 1 N–H and O–H groups in total. The Kier molecular flexibility index (Phi) is 2.19. The molecule has 0 amide bonds. The minimum Gasteiger partial charge on any atom is -0.507 e. The summed E-state index contributed by atoms with van der Waals surface area (Å²) in [5, 5.41) is 9.67. The average molecular weight is 221 g/mol. The van der Waals surface area contributed by atoms with Gasteiger partial charge in [-0.2, -0.15) is 0 Å². The van der Waals surface area contributed by atoms with E-state index in [0.717, 1.165) is 6.07 Å². The monoisotopic (exact) mass is 221 g/mol. The Morgan fingerprint density at radius 1 is 1.31 bits per heavy atom. The van der Waals surface area contributed by atoms with Crippen molar-refractivity contribution in [2.75, 3.05) is 0 Å². The molecule has 0 aliphatic heterocycles. The lowest BCUT2D eigenvalue weighted by Crippen LogP contribution is -2.33. The van der Waals surface area contributed by atoms with E-state index in [9.17, 15) is 14.7 Å². The second kappa shape index (κ2) is 3.20. The molecule has 86 valence electrons. The van der Waals surface area contributed by atoms with E-state index in [1.807, 2.05) is 13.8 Å². The van der Waals surface area contributed by atoms with Gasteiger partial charge in [0.2, 0.25) is 0 Å². The van der Waals surface area contributed by atoms with Gasteiger partial charge in [0, 0.05) is 25.2 Å². The first-order valence-electron chi connectivity index (χ1n) is 5.27. The first kappa shape index (κ1) is 10.9. The molecule has 0 aromatic carbocycles. The molecule has 0 spiro atoms. The Morgan fingerprint density at radius 3 is 2.56 bits per heavy atom. The summed E-state index contributed by atoms with van der Waals surface area (Å²) in [5.41, 5.74) is 0.539. The Balaban J connectivity index is 2.75. The number of hydrogen-bond acceptors (Lipinski definition) is 3. The largest absolute Gasteiger partial charge is 0.507 e. The molecule has 0 atom stereocenters. The standard InChI is InChI=1S/C12H15NO3/c1-12(2)5-7-11(9(15)6-12)8(14)4-10(16)13(7)3/h4,14H,5-6H2,1-3H3. The fourth-order valence-corrected chi connectivity index (χ4v) is 2.28. The van der Waals surface area contributed by atoms with Gasteiger partial charge in [-0.15, -0.1) is 0 Å². The molecule has 1 aliphatic carbocycles. The van der Waals surface area contributed by atoms with Crippen molar-refractivity contribution in [2.24, 2.45) is 12.5 Å². The quantitative estimate of drug-likeness (QED) is 0.717. The van der Waals surface area contributed by atoms with Crippen molar-refractivity contribution in [3.05, 3.63) is 27.7 Å². The predicted molar refractivity (Wildman–Crippen MR) is 59.8 cm³/mol. The summed E-state index contributed by atoms with van der Waals surface area (Å²) in [4.78, 5) is 23.4. The van der Waals surface area contributed by atoms with Crippen LogP contribution in [0.1, 0.15) is 36.3 Å². The molecule has 0 radical (unpaired) electrons. The number of rotatable bonds is 0. The zero-order valence-corrected chi connectivity index (χ0v) is 9.70. The smallest absolute Gasteiger partial charge is 0.254 e. The summed E-state index contributed by atoms with van der Waals surface area (Å²) >= 11 is 0. The first-order chi connectivity index (χ1) is 7.32. The van der Waals surface area contributed by atoms with E-state index >= 15 is 0 Å². The minimum absolute atomic E-state index is 0.0839. The van der Waals surface area contributed by atoms with Crippen molar-refractivity contribution in [3.63, 3.8) is 0 Å². The lowest BCUT2D eigenvalue weighted by Gasteiger charge is -2.31. The summed E-state index contributed by atoms with van der Waals surface area (Å²) in [6.45, 7) is 3.98. The number of aromatic hydroxyl groups is 1. The van der Waals surface area contributed by atoms with Crippen LogP contribution >= 0.6 is 0 Å². The van der Waals surface area contributed by atoms with Crippen LogP contribution in [0.3, 0.4) is 0 Å². The maximum atomic E-state index is 11.9. The van der Waals surface area contributed by atoms with E-state index in [1.165, 1.54) is 4.57 Å². The lowest BCUT2D eigenvalue weighted by molar-refractivity contribution is 0.0904. The molecule has 1 aromatic rings. The molecule has 2 rings (SSSR count). The summed E-state index contributed by atoms with van der Waals surface area (Å²) in [5.74, 6) is -0.266. The van der Waals surface area contributed by atoms with Gasteiger partial charge in [-0.25, -0.2) is 0 Å². The van der Waals surface area contributed by atoms with Crippen molar-refractivity contribution in [1.82, 2.24) is 4.57 Å². The molecule has 4 heteroatoms. The second-order valence-electron chi connectivity index (χ2n) is 5.19. The maximum absolute atomic E-state index is 11.9. The molecular weight excluding hydrogens is 206 g/mol. The Morgan fingerprint density at radius 2 is 1.94 bits per heavy atom.